The number of carbonyl (C=O) groups excluding carboxylic acids is 1. The monoisotopic (exact) mass is 274 g/mol. The van der Waals surface area contributed by atoms with Crippen molar-refractivity contribution < 1.29 is 9.53 Å². The molecule has 0 aliphatic heterocycles. The maximum absolute atomic E-state index is 11.9. The van der Waals surface area contributed by atoms with Gasteiger partial charge in [0.1, 0.15) is 11.6 Å². The van der Waals surface area contributed by atoms with Crippen LogP contribution in [-0.4, -0.2) is 26.2 Å². The molecule has 0 aromatic heterocycles. The standard InChI is InChI=1S/C14H18N4O2/c1-20-8-2-7-17-10-11(9-15)14(19)18-13-5-3-12(16)4-6-13/h3-6,10,17H,2,7-8,16H2,1H3,(H,18,19)/b11-10-. The van der Waals surface area contributed by atoms with E-state index in [1.165, 1.54) is 6.20 Å². The molecule has 0 bridgehead atoms. The van der Waals surface area contributed by atoms with Gasteiger partial charge in [0.25, 0.3) is 5.91 Å². The van der Waals surface area contributed by atoms with Gasteiger partial charge in [0, 0.05) is 37.8 Å². The van der Waals surface area contributed by atoms with Gasteiger partial charge in [-0.25, -0.2) is 0 Å². The molecule has 1 rings (SSSR count). The number of nitrogens with one attached hydrogen (secondary N) is 2. The summed E-state index contributed by atoms with van der Waals surface area (Å²) in [6.07, 6.45) is 2.20. The number of nitrogen functional groups attached to an aromatic ring is 1. The number of benzene rings is 1. The van der Waals surface area contributed by atoms with E-state index in [0.29, 0.717) is 24.5 Å². The molecule has 1 amide bonds. The predicted molar refractivity (Wildman–Crippen MR) is 77.7 cm³/mol. The number of nitrogens with two attached hydrogens (primary N) is 1. The Balaban J connectivity index is 2.52. The molecule has 0 unspecified atom stereocenters. The first-order chi connectivity index (χ1) is 9.67. The van der Waals surface area contributed by atoms with Crippen LogP contribution >= 0.6 is 0 Å². The van der Waals surface area contributed by atoms with Crippen LogP contribution in [0.15, 0.2) is 36.0 Å². The highest BCUT2D eigenvalue weighted by atomic mass is 16.5. The van der Waals surface area contributed by atoms with Gasteiger partial charge in [0.2, 0.25) is 0 Å². The smallest absolute Gasteiger partial charge is 0.267 e. The Morgan fingerprint density at radius 2 is 2.15 bits per heavy atom. The first-order valence-corrected chi connectivity index (χ1v) is 6.17. The fourth-order valence-electron chi connectivity index (χ4n) is 1.41. The summed E-state index contributed by atoms with van der Waals surface area (Å²) in [5, 5.41) is 14.5. The van der Waals surface area contributed by atoms with Crippen LogP contribution in [0.25, 0.3) is 0 Å². The molecular weight excluding hydrogens is 256 g/mol. The van der Waals surface area contributed by atoms with E-state index in [2.05, 4.69) is 10.6 Å². The molecule has 0 heterocycles. The van der Waals surface area contributed by atoms with Crippen LogP contribution in [0.4, 0.5) is 11.4 Å². The second-order valence-electron chi connectivity index (χ2n) is 4.05. The summed E-state index contributed by atoms with van der Waals surface area (Å²) < 4.78 is 4.90. The van der Waals surface area contributed by atoms with Crippen LogP contribution in [-0.2, 0) is 9.53 Å². The number of ether oxygens (including phenoxy) is 1. The molecule has 0 aliphatic carbocycles. The largest absolute Gasteiger partial charge is 0.399 e. The summed E-state index contributed by atoms with van der Waals surface area (Å²) >= 11 is 0. The lowest BCUT2D eigenvalue weighted by Gasteiger charge is -2.05. The summed E-state index contributed by atoms with van der Waals surface area (Å²) in [7, 11) is 1.62. The Morgan fingerprint density at radius 3 is 2.75 bits per heavy atom. The van der Waals surface area contributed by atoms with Gasteiger partial charge < -0.3 is 21.1 Å². The molecule has 20 heavy (non-hydrogen) atoms. The molecule has 0 spiro atoms. The zero-order valence-electron chi connectivity index (χ0n) is 11.3. The molecule has 0 atom stereocenters. The third kappa shape index (κ3) is 5.42. The van der Waals surface area contributed by atoms with E-state index < -0.39 is 5.91 Å². The van der Waals surface area contributed by atoms with Crippen molar-refractivity contribution in [3.8, 4) is 6.07 Å². The van der Waals surface area contributed by atoms with Gasteiger partial charge in [-0.2, -0.15) is 5.26 Å². The quantitative estimate of drug-likeness (QED) is 0.300. The summed E-state index contributed by atoms with van der Waals surface area (Å²) in [6, 6.07) is 8.55. The molecule has 0 aliphatic rings. The van der Waals surface area contributed by atoms with Crippen LogP contribution in [0.1, 0.15) is 6.42 Å². The normalized spacial score (nSPS) is 10.7. The second-order valence-corrected chi connectivity index (χ2v) is 4.05. The van der Waals surface area contributed by atoms with Gasteiger partial charge in [0.15, 0.2) is 0 Å². The summed E-state index contributed by atoms with van der Waals surface area (Å²) in [5.74, 6) is -0.462. The van der Waals surface area contributed by atoms with Crippen molar-refractivity contribution in [1.82, 2.24) is 5.32 Å². The number of nitriles is 1. The van der Waals surface area contributed by atoms with Crippen molar-refractivity contribution in [3.05, 3.63) is 36.0 Å². The number of anilines is 2. The summed E-state index contributed by atoms with van der Waals surface area (Å²) in [5.41, 5.74) is 6.76. The molecule has 1 aromatic rings. The van der Waals surface area contributed by atoms with Gasteiger partial charge in [-0.05, 0) is 30.7 Å². The van der Waals surface area contributed by atoms with E-state index in [-0.39, 0.29) is 5.57 Å². The Morgan fingerprint density at radius 1 is 1.45 bits per heavy atom. The molecule has 6 heteroatoms. The molecule has 0 saturated carbocycles. The summed E-state index contributed by atoms with van der Waals surface area (Å²) in [4.78, 5) is 11.9. The van der Waals surface area contributed by atoms with Gasteiger partial charge >= 0.3 is 0 Å². The van der Waals surface area contributed by atoms with Crippen molar-refractivity contribution in [1.29, 1.82) is 5.26 Å². The van der Waals surface area contributed by atoms with Gasteiger partial charge in [0.05, 0.1) is 0 Å². The number of nitrogens with zero attached hydrogens (tertiary/aromatic N) is 1. The molecule has 4 N–H and O–H groups in total. The zero-order valence-corrected chi connectivity index (χ0v) is 11.3. The van der Waals surface area contributed by atoms with Crippen molar-refractivity contribution in [2.45, 2.75) is 6.42 Å². The molecule has 1 aromatic carbocycles. The Labute approximate surface area is 118 Å². The summed E-state index contributed by atoms with van der Waals surface area (Å²) in [6.45, 7) is 1.26. The second kappa shape index (κ2) is 8.56. The van der Waals surface area contributed by atoms with Crippen molar-refractivity contribution in [3.63, 3.8) is 0 Å². The predicted octanol–water partition coefficient (Wildman–Crippen LogP) is 1.24. The molecule has 6 nitrogen and oxygen atoms in total. The van der Waals surface area contributed by atoms with E-state index in [9.17, 15) is 4.79 Å². The first kappa shape index (κ1) is 15.5. The third-order valence-electron chi connectivity index (χ3n) is 2.45. The van der Waals surface area contributed by atoms with Gasteiger partial charge in [-0.1, -0.05) is 0 Å². The van der Waals surface area contributed by atoms with Crippen LogP contribution in [0.2, 0.25) is 0 Å². The molecule has 106 valence electrons. The molecular formula is C14H18N4O2. The zero-order chi connectivity index (χ0) is 14.8. The van der Waals surface area contributed by atoms with Crippen LogP contribution in [0.3, 0.4) is 0 Å². The van der Waals surface area contributed by atoms with Gasteiger partial charge in [-0.15, -0.1) is 0 Å². The fraction of sp³-hybridized carbons (Fsp3) is 0.286. The third-order valence-corrected chi connectivity index (χ3v) is 2.45. The number of rotatable bonds is 7. The number of methoxy groups -OCH3 is 1. The van der Waals surface area contributed by atoms with E-state index in [4.69, 9.17) is 15.7 Å². The van der Waals surface area contributed by atoms with Crippen LogP contribution in [0, 0.1) is 11.3 Å². The van der Waals surface area contributed by atoms with Crippen molar-refractivity contribution in [2.24, 2.45) is 0 Å². The maximum Gasteiger partial charge on any atom is 0.267 e. The minimum absolute atomic E-state index is 0.0132. The van der Waals surface area contributed by atoms with E-state index in [0.717, 1.165) is 6.42 Å². The van der Waals surface area contributed by atoms with Crippen LogP contribution in [0.5, 0.6) is 0 Å². The van der Waals surface area contributed by atoms with E-state index >= 15 is 0 Å². The number of hydrogen-bond acceptors (Lipinski definition) is 5. The SMILES string of the molecule is COCCCN/C=C(/C#N)C(=O)Nc1ccc(N)cc1. The lowest BCUT2D eigenvalue weighted by molar-refractivity contribution is -0.112. The average molecular weight is 274 g/mol. The maximum atomic E-state index is 11.9. The Bertz CT molecular complexity index is 503. The number of hydrogen-bond donors (Lipinski definition) is 3. The van der Waals surface area contributed by atoms with E-state index in [1.807, 2.05) is 6.07 Å². The molecule has 0 radical (unpaired) electrons. The lowest BCUT2D eigenvalue weighted by atomic mass is 10.2. The minimum atomic E-state index is -0.462. The highest BCUT2D eigenvalue weighted by Crippen LogP contribution is 2.11. The first-order valence-electron chi connectivity index (χ1n) is 6.17. The highest BCUT2D eigenvalue weighted by Gasteiger charge is 2.08. The van der Waals surface area contributed by atoms with Crippen LogP contribution < -0.4 is 16.4 Å². The number of carbonyl (C=O) groups is 1. The minimum Gasteiger partial charge on any atom is -0.399 e. The molecule has 0 fully saturated rings. The fourth-order valence-corrected chi connectivity index (χ4v) is 1.41. The number of amides is 1. The lowest BCUT2D eigenvalue weighted by Crippen LogP contribution is -2.17. The average Bonchev–Trinajstić information content (AvgIpc) is 2.45. The van der Waals surface area contributed by atoms with Crippen molar-refractivity contribution in [2.75, 3.05) is 31.3 Å². The Kier molecular flexibility index (Phi) is 6.65. The van der Waals surface area contributed by atoms with E-state index in [1.54, 1.807) is 31.4 Å². The highest BCUT2D eigenvalue weighted by molar-refractivity contribution is 6.06. The Hall–Kier alpha value is -2.52. The van der Waals surface area contributed by atoms with Crippen molar-refractivity contribution >= 4 is 17.3 Å². The topological polar surface area (TPSA) is 100 Å². The van der Waals surface area contributed by atoms with Gasteiger partial charge in [-0.3, -0.25) is 4.79 Å². The molecule has 0 saturated heterocycles.